The second-order valence-electron chi connectivity index (χ2n) is 2.44. The van der Waals surface area contributed by atoms with E-state index < -0.39 is 0 Å². The van der Waals surface area contributed by atoms with Crippen LogP contribution >= 0.6 is 0 Å². The summed E-state index contributed by atoms with van der Waals surface area (Å²) in [4.78, 5) is 0. The fourth-order valence-corrected chi connectivity index (χ4v) is 0.739. The Morgan fingerprint density at radius 3 is 1.75 bits per heavy atom. The Balaban J connectivity index is 0.000000217. The van der Waals surface area contributed by atoms with Crippen molar-refractivity contribution in [1.29, 1.82) is 0 Å². The first kappa shape index (κ1) is 11.8. The number of hydrogen-bond donors (Lipinski definition) is 0. The van der Waals surface area contributed by atoms with Crippen molar-refractivity contribution >= 4 is 22.0 Å². The van der Waals surface area contributed by atoms with Gasteiger partial charge in [-0.15, -0.1) is 0 Å². The van der Waals surface area contributed by atoms with Crippen molar-refractivity contribution in [2.45, 2.75) is 13.8 Å². The topological polar surface area (TPSA) is 9.23 Å². The SMILES string of the molecule is CCOCC.[Li][c]1ccccc1. The second kappa shape index (κ2) is 8.87. The van der Waals surface area contributed by atoms with Crippen LogP contribution in [0, 0.1) is 0 Å². The first-order valence-corrected chi connectivity index (χ1v) is 4.40. The predicted octanol–water partition coefficient (Wildman–Crippen LogP) is 1.52. The van der Waals surface area contributed by atoms with Gasteiger partial charge in [0.2, 0.25) is 0 Å². The standard InChI is InChI=1S/C6H5.C4H10O.Li/c1-2-4-6-5-3-1;1-3-5-4-2;/h1-5H;3-4H2,1-2H3;. The molecule has 0 aliphatic heterocycles. The Kier molecular flexibility index (Phi) is 8.71. The molecule has 0 amide bonds. The number of rotatable bonds is 2. The minimum absolute atomic E-state index is 0.844. The maximum absolute atomic E-state index is 4.83. The van der Waals surface area contributed by atoms with Crippen LogP contribution in [-0.4, -0.2) is 30.9 Å². The summed E-state index contributed by atoms with van der Waals surface area (Å²) in [5, 5.41) is 0. The van der Waals surface area contributed by atoms with Crippen molar-refractivity contribution in [3.8, 4) is 0 Å². The quantitative estimate of drug-likeness (QED) is 0.593. The van der Waals surface area contributed by atoms with Crippen LogP contribution in [0.5, 0.6) is 0 Å². The Bertz CT molecular complexity index is 172. The summed E-state index contributed by atoms with van der Waals surface area (Å²) in [6.07, 6.45) is 0. The van der Waals surface area contributed by atoms with Crippen LogP contribution in [0.15, 0.2) is 30.3 Å². The van der Waals surface area contributed by atoms with Gasteiger partial charge in [0, 0.05) is 13.2 Å². The molecule has 12 heavy (non-hydrogen) atoms. The van der Waals surface area contributed by atoms with Gasteiger partial charge in [0.15, 0.2) is 0 Å². The molecule has 0 unspecified atom stereocenters. The maximum atomic E-state index is 4.83. The second-order valence-corrected chi connectivity index (χ2v) is 2.44. The van der Waals surface area contributed by atoms with Crippen molar-refractivity contribution in [2.75, 3.05) is 13.2 Å². The van der Waals surface area contributed by atoms with E-state index in [9.17, 15) is 0 Å². The van der Waals surface area contributed by atoms with Gasteiger partial charge in [0.25, 0.3) is 0 Å². The van der Waals surface area contributed by atoms with Crippen molar-refractivity contribution < 1.29 is 4.74 Å². The molecule has 0 saturated heterocycles. The molecular formula is C10H15LiO. The molecule has 0 aliphatic carbocycles. The molecular weight excluding hydrogens is 143 g/mol. The molecule has 0 fully saturated rings. The van der Waals surface area contributed by atoms with E-state index in [1.807, 2.05) is 32.0 Å². The zero-order valence-electron chi connectivity index (χ0n) is 8.21. The van der Waals surface area contributed by atoms with Crippen LogP contribution in [0.3, 0.4) is 0 Å². The van der Waals surface area contributed by atoms with E-state index >= 15 is 0 Å². The third-order valence-corrected chi connectivity index (χ3v) is 1.35. The van der Waals surface area contributed by atoms with Crippen molar-refractivity contribution in [3.63, 3.8) is 0 Å². The molecule has 0 aromatic heterocycles. The fourth-order valence-electron chi connectivity index (χ4n) is 0.739. The van der Waals surface area contributed by atoms with E-state index in [0.29, 0.717) is 0 Å². The third-order valence-electron chi connectivity index (χ3n) is 1.35. The third kappa shape index (κ3) is 7.88. The molecule has 1 aromatic carbocycles. The van der Waals surface area contributed by atoms with Crippen molar-refractivity contribution in [3.05, 3.63) is 30.3 Å². The van der Waals surface area contributed by atoms with Crippen LogP contribution in [0.4, 0.5) is 0 Å². The number of hydrogen-bond acceptors (Lipinski definition) is 1. The fraction of sp³-hybridized carbons (Fsp3) is 0.400. The molecule has 2 heteroatoms. The molecule has 1 rings (SSSR count). The van der Waals surface area contributed by atoms with E-state index in [1.54, 1.807) is 0 Å². The number of benzene rings is 1. The molecule has 1 aromatic rings. The van der Waals surface area contributed by atoms with Gasteiger partial charge in [-0.05, 0) is 13.8 Å². The normalized spacial score (nSPS) is 8.67. The van der Waals surface area contributed by atoms with Crippen molar-refractivity contribution in [1.82, 2.24) is 0 Å². The van der Waals surface area contributed by atoms with Gasteiger partial charge < -0.3 is 4.74 Å². The predicted molar refractivity (Wildman–Crippen MR) is 54.0 cm³/mol. The summed E-state index contributed by atoms with van der Waals surface area (Å²) >= 11 is 2.08. The van der Waals surface area contributed by atoms with Crippen LogP contribution in [0.25, 0.3) is 0 Å². The Labute approximate surface area is 84.3 Å². The molecule has 0 saturated carbocycles. The summed E-state index contributed by atoms with van der Waals surface area (Å²) < 4.78 is 6.16. The molecule has 0 aliphatic rings. The minimum atomic E-state index is 0.844. The van der Waals surface area contributed by atoms with Gasteiger partial charge in [-0.3, -0.25) is 0 Å². The Morgan fingerprint density at radius 1 is 1.08 bits per heavy atom. The number of ether oxygens (including phenoxy) is 1. The van der Waals surface area contributed by atoms with Gasteiger partial charge in [0.1, 0.15) is 0 Å². The summed E-state index contributed by atoms with van der Waals surface area (Å²) in [5.41, 5.74) is 0. The average Bonchev–Trinajstić information content (AvgIpc) is 2.08. The van der Waals surface area contributed by atoms with E-state index in [-0.39, 0.29) is 0 Å². The van der Waals surface area contributed by atoms with Crippen LogP contribution in [-0.2, 0) is 4.74 Å². The van der Waals surface area contributed by atoms with Crippen molar-refractivity contribution in [2.24, 2.45) is 0 Å². The van der Waals surface area contributed by atoms with Crippen LogP contribution in [0.1, 0.15) is 13.8 Å². The molecule has 0 N–H and O–H groups in total. The van der Waals surface area contributed by atoms with Crippen LogP contribution < -0.4 is 4.24 Å². The van der Waals surface area contributed by atoms with E-state index in [2.05, 4.69) is 29.8 Å². The van der Waals surface area contributed by atoms with E-state index in [1.165, 1.54) is 4.24 Å². The van der Waals surface area contributed by atoms with Crippen LogP contribution in [0.2, 0.25) is 0 Å². The first-order chi connectivity index (χ1) is 5.81. The molecule has 1 nitrogen and oxygen atoms in total. The molecule has 0 atom stereocenters. The van der Waals surface area contributed by atoms with Gasteiger partial charge in [-0.2, -0.15) is 0 Å². The van der Waals surface area contributed by atoms with Gasteiger partial charge >= 0.3 is 52.3 Å². The molecule has 0 radical (unpaired) electrons. The molecule has 0 heterocycles. The summed E-state index contributed by atoms with van der Waals surface area (Å²) in [6.45, 7) is 5.67. The average molecular weight is 158 g/mol. The Morgan fingerprint density at radius 2 is 1.58 bits per heavy atom. The van der Waals surface area contributed by atoms with Gasteiger partial charge in [-0.1, -0.05) is 0 Å². The van der Waals surface area contributed by atoms with Gasteiger partial charge in [-0.25, -0.2) is 0 Å². The molecule has 0 spiro atoms. The zero-order valence-corrected chi connectivity index (χ0v) is 8.21. The summed E-state index contributed by atoms with van der Waals surface area (Å²) in [5.74, 6) is 0. The monoisotopic (exact) mass is 158 g/mol. The summed E-state index contributed by atoms with van der Waals surface area (Å²) in [6, 6.07) is 10.3. The Hall–Kier alpha value is -0.223. The summed E-state index contributed by atoms with van der Waals surface area (Å²) in [7, 11) is 0. The first-order valence-electron chi connectivity index (χ1n) is 4.40. The van der Waals surface area contributed by atoms with Gasteiger partial charge in [0.05, 0.1) is 0 Å². The molecule has 62 valence electrons. The zero-order chi connectivity index (χ0) is 9.23. The molecule has 0 bridgehead atoms. The van der Waals surface area contributed by atoms with E-state index in [0.717, 1.165) is 13.2 Å². The van der Waals surface area contributed by atoms with E-state index in [4.69, 9.17) is 4.74 Å².